The van der Waals surface area contributed by atoms with E-state index < -0.39 is 34.1 Å². The van der Waals surface area contributed by atoms with Gasteiger partial charge < -0.3 is 10.4 Å². The Bertz CT molecular complexity index is 1520. The Labute approximate surface area is 221 Å². The molecule has 2 heterocycles. The number of benzene rings is 3. The highest BCUT2D eigenvalue weighted by atomic mass is 16.8. The van der Waals surface area contributed by atoms with E-state index in [0.29, 0.717) is 5.69 Å². The molecule has 0 saturated carbocycles. The number of rotatable bonds is 9. The molecule has 3 unspecified atom stereocenters. The first-order valence-electron chi connectivity index (χ1n) is 11.9. The van der Waals surface area contributed by atoms with Gasteiger partial charge in [0.25, 0.3) is 5.91 Å². The van der Waals surface area contributed by atoms with Crippen molar-refractivity contribution in [1.82, 2.24) is 5.43 Å². The number of nitrogens with zero attached hydrogens (tertiary/aromatic N) is 2. The van der Waals surface area contributed by atoms with Crippen LogP contribution in [0.25, 0.3) is 0 Å². The molecule has 12 nitrogen and oxygen atoms in total. The number of anilines is 1. The number of hydrazine groups is 1. The number of nitrogens with one attached hydrogen (secondary N) is 3. The summed E-state index contributed by atoms with van der Waals surface area (Å²) in [5.41, 5.74) is 4.52. The largest absolute Gasteiger partial charge is 0.595 e. The lowest BCUT2D eigenvalue weighted by Gasteiger charge is -2.17. The zero-order chi connectivity index (χ0) is 27.7. The Morgan fingerprint density at radius 3 is 1.97 bits per heavy atom. The summed E-state index contributed by atoms with van der Waals surface area (Å²) in [5, 5.41) is 40.3. The maximum atomic E-state index is 13.5. The van der Waals surface area contributed by atoms with E-state index in [4.69, 9.17) is 0 Å². The van der Waals surface area contributed by atoms with Crippen LogP contribution in [0, 0.1) is 10.4 Å². The summed E-state index contributed by atoms with van der Waals surface area (Å²) >= 11 is 0. The molecule has 5 N–H and O–H groups in total. The van der Waals surface area contributed by atoms with Crippen LogP contribution in [-0.2, 0) is 4.79 Å². The van der Waals surface area contributed by atoms with Crippen molar-refractivity contribution in [1.29, 1.82) is 0 Å². The van der Waals surface area contributed by atoms with Crippen LogP contribution in [-0.4, -0.2) is 39.8 Å². The minimum Gasteiger partial charge on any atom is -0.595 e. The Kier molecular flexibility index (Phi) is 7.24. The number of hydrogen-bond acceptors (Lipinski definition) is 9. The van der Waals surface area contributed by atoms with Crippen LogP contribution in [0.1, 0.15) is 33.6 Å². The molecule has 2 aliphatic rings. The maximum absolute atomic E-state index is 13.5. The normalized spacial score (nSPS) is 18.2. The van der Waals surface area contributed by atoms with E-state index in [9.17, 15) is 35.2 Å². The number of allylic oxidation sites excluding steroid dienone is 1. The quantitative estimate of drug-likeness (QED) is 0.201. The van der Waals surface area contributed by atoms with Crippen LogP contribution in [0.2, 0.25) is 0 Å². The number of hydrogen-bond donors (Lipinski definition) is 5. The van der Waals surface area contributed by atoms with Crippen LogP contribution in [0.15, 0.2) is 95.0 Å². The summed E-state index contributed by atoms with van der Waals surface area (Å²) in [4.78, 5) is 44.4. The monoisotopic (exact) mass is 529 g/mol. The molecule has 0 bridgehead atoms. The lowest BCUT2D eigenvalue weighted by molar-refractivity contribution is -0.991. The number of para-hydroxylation sites is 1. The lowest BCUT2D eigenvalue weighted by atomic mass is 9.92. The Hall–Kier alpha value is -4.40. The zero-order valence-corrected chi connectivity index (χ0v) is 20.3. The lowest BCUT2D eigenvalue weighted by Crippen LogP contribution is -2.99. The summed E-state index contributed by atoms with van der Waals surface area (Å²) in [6, 6.07) is 20.0. The zero-order valence-electron chi connectivity index (χ0n) is 20.3. The van der Waals surface area contributed by atoms with Crippen LogP contribution in [0.3, 0.4) is 0 Å². The van der Waals surface area contributed by atoms with Crippen LogP contribution >= 0.6 is 0 Å². The van der Waals surface area contributed by atoms with Crippen molar-refractivity contribution in [2.45, 2.75) is 19.0 Å². The van der Waals surface area contributed by atoms with Gasteiger partial charge in [0, 0.05) is 47.5 Å². The third kappa shape index (κ3) is 5.30. The third-order valence-electron chi connectivity index (χ3n) is 6.46. The summed E-state index contributed by atoms with van der Waals surface area (Å²) < 4.78 is 0. The number of carbonyl (C=O) groups excluding carboxylic acids is 3. The van der Waals surface area contributed by atoms with Crippen molar-refractivity contribution >= 4 is 40.2 Å². The molecule has 3 aromatic rings. The second-order valence-corrected chi connectivity index (χ2v) is 8.95. The first kappa shape index (κ1) is 26.2. The first-order valence-corrected chi connectivity index (χ1v) is 11.9. The standard InChI is InChI=1S/C27H23N5O7/c33-23(16-6-4-10-19(12-16)31(36)37)14-21-22(15-24(34)17-7-5-11-20(13-17)32(38)39)28-26-25(21)27(35)30(29-26)18-8-2-1-3-9-18/h1-13,26,29,31-32,36,38H,14-15H2. The van der Waals surface area contributed by atoms with Gasteiger partial charge in [0.15, 0.2) is 22.9 Å². The van der Waals surface area contributed by atoms with E-state index in [0.717, 1.165) is 0 Å². The molecule has 2 aliphatic heterocycles. The fraction of sp³-hybridized carbons (Fsp3) is 0.111. The predicted molar refractivity (Wildman–Crippen MR) is 138 cm³/mol. The number of ketones is 2. The Morgan fingerprint density at radius 1 is 0.846 bits per heavy atom. The molecule has 0 aliphatic carbocycles. The van der Waals surface area contributed by atoms with E-state index in [2.05, 4.69) is 10.4 Å². The SMILES string of the molecule is O=C(CC1=NC2NN(c3ccccc3)C(=O)C2=C1CC(=O)c1cccc([NH+]([O-])O)c1)c1cccc([NH+]([O-])O)c1. The van der Waals surface area contributed by atoms with Crippen molar-refractivity contribution in [3.8, 4) is 0 Å². The summed E-state index contributed by atoms with van der Waals surface area (Å²) in [6.07, 6.45) is -1.37. The number of amides is 1. The number of Topliss-reactive ketones (excluding diaryl/α,β-unsaturated/α-hetero) is 2. The van der Waals surface area contributed by atoms with E-state index in [1.165, 1.54) is 53.5 Å². The topological polar surface area (TPSA) is 174 Å². The molecule has 3 atom stereocenters. The van der Waals surface area contributed by atoms with Gasteiger partial charge in [-0.1, -0.05) is 42.5 Å². The number of aliphatic imine (C=N–C) groups is 1. The molecule has 0 aromatic heterocycles. The Morgan fingerprint density at radius 2 is 1.41 bits per heavy atom. The minimum atomic E-state index is -1.18. The summed E-state index contributed by atoms with van der Waals surface area (Å²) in [7, 11) is 0. The first-order chi connectivity index (χ1) is 18.7. The highest BCUT2D eigenvalue weighted by molar-refractivity contribution is 6.24. The van der Waals surface area contributed by atoms with Gasteiger partial charge in [-0.05, 0) is 17.7 Å². The predicted octanol–water partition coefficient (Wildman–Crippen LogP) is 0.968. The van der Waals surface area contributed by atoms with Crippen molar-refractivity contribution in [3.63, 3.8) is 0 Å². The second-order valence-electron chi connectivity index (χ2n) is 8.95. The third-order valence-corrected chi connectivity index (χ3v) is 6.46. The molecular weight excluding hydrogens is 506 g/mol. The molecular formula is C27H23N5O7. The molecule has 0 radical (unpaired) electrons. The number of fused-ring (bicyclic) bond motifs is 1. The Balaban J connectivity index is 1.48. The van der Waals surface area contributed by atoms with Gasteiger partial charge in [-0.15, -0.1) is 0 Å². The molecule has 1 amide bonds. The number of carbonyl (C=O) groups is 3. The summed E-state index contributed by atoms with van der Waals surface area (Å²) in [6.45, 7) is 0. The molecule has 39 heavy (non-hydrogen) atoms. The number of quaternary nitrogens is 2. The van der Waals surface area contributed by atoms with Crippen LogP contribution < -0.4 is 20.9 Å². The van der Waals surface area contributed by atoms with E-state index in [1.54, 1.807) is 30.3 Å². The van der Waals surface area contributed by atoms with Crippen molar-refractivity contribution in [3.05, 3.63) is 112 Å². The van der Waals surface area contributed by atoms with Gasteiger partial charge in [-0.2, -0.15) is 15.9 Å². The van der Waals surface area contributed by atoms with Gasteiger partial charge >= 0.3 is 0 Å². The van der Waals surface area contributed by atoms with Gasteiger partial charge in [0.05, 0.1) is 17.7 Å². The van der Waals surface area contributed by atoms with Gasteiger partial charge in [0.1, 0.15) is 6.17 Å². The van der Waals surface area contributed by atoms with E-state index >= 15 is 0 Å². The molecule has 3 aromatic carbocycles. The van der Waals surface area contributed by atoms with Crippen molar-refractivity contribution < 1.29 is 35.3 Å². The molecule has 5 rings (SSSR count). The summed E-state index contributed by atoms with van der Waals surface area (Å²) in [5.74, 6) is -1.30. The van der Waals surface area contributed by atoms with Crippen molar-refractivity contribution in [2.75, 3.05) is 5.01 Å². The second kappa shape index (κ2) is 10.8. The average Bonchev–Trinajstić information content (AvgIpc) is 3.44. The molecule has 0 spiro atoms. The molecule has 1 fully saturated rings. The molecule has 1 saturated heterocycles. The highest BCUT2D eigenvalue weighted by Gasteiger charge is 2.43. The molecule has 198 valence electrons. The van der Waals surface area contributed by atoms with Gasteiger partial charge in [-0.25, -0.2) is 15.4 Å². The fourth-order valence-electron chi connectivity index (χ4n) is 4.55. The van der Waals surface area contributed by atoms with Crippen LogP contribution in [0.5, 0.6) is 0 Å². The van der Waals surface area contributed by atoms with E-state index in [-0.39, 0.29) is 52.2 Å². The maximum Gasteiger partial charge on any atom is 0.272 e. The van der Waals surface area contributed by atoms with Gasteiger partial charge in [0.2, 0.25) is 0 Å². The smallest absolute Gasteiger partial charge is 0.272 e. The van der Waals surface area contributed by atoms with Crippen LogP contribution in [0.4, 0.5) is 17.1 Å². The van der Waals surface area contributed by atoms with Gasteiger partial charge in [-0.3, -0.25) is 19.4 Å². The highest BCUT2D eigenvalue weighted by Crippen LogP contribution is 2.34. The minimum absolute atomic E-state index is 0.0477. The van der Waals surface area contributed by atoms with E-state index in [1.807, 2.05) is 0 Å². The van der Waals surface area contributed by atoms with Crippen molar-refractivity contribution in [2.24, 2.45) is 4.99 Å². The molecule has 12 heteroatoms. The fourth-order valence-corrected chi connectivity index (χ4v) is 4.55. The average molecular weight is 530 g/mol.